The Labute approximate surface area is 129 Å². The fraction of sp³-hybridized carbons (Fsp3) is 0.438. The van der Waals surface area contributed by atoms with Crippen molar-refractivity contribution in [1.29, 1.82) is 0 Å². The summed E-state index contributed by atoms with van der Waals surface area (Å²) in [6.45, 7) is 7.63. The van der Waals surface area contributed by atoms with Crippen LogP contribution in [0.2, 0.25) is 5.02 Å². The van der Waals surface area contributed by atoms with Crippen LogP contribution in [-0.4, -0.2) is 22.7 Å². The number of benzene rings is 1. The highest BCUT2D eigenvalue weighted by Crippen LogP contribution is 2.23. The molecule has 0 aliphatic rings. The molecule has 2 rings (SSSR count). The number of alkyl carbamates (subject to hydrolysis) is 1. The van der Waals surface area contributed by atoms with Crippen LogP contribution in [0.25, 0.3) is 10.9 Å². The Morgan fingerprint density at radius 3 is 2.81 bits per heavy atom. The summed E-state index contributed by atoms with van der Waals surface area (Å²) in [5.74, 6) is 0. The normalized spacial score (nSPS) is 13.2. The van der Waals surface area contributed by atoms with Crippen LogP contribution in [0.5, 0.6) is 0 Å². The molecule has 1 aromatic heterocycles. The molecule has 0 aliphatic carbocycles. The van der Waals surface area contributed by atoms with Gasteiger partial charge in [-0.05, 0) is 51.5 Å². The Balaban J connectivity index is 2.03. The van der Waals surface area contributed by atoms with Crippen molar-refractivity contribution in [1.82, 2.24) is 10.3 Å². The highest BCUT2D eigenvalue weighted by molar-refractivity contribution is 6.31. The number of H-pyrrole nitrogens is 1. The van der Waals surface area contributed by atoms with Gasteiger partial charge in [-0.15, -0.1) is 0 Å². The van der Waals surface area contributed by atoms with E-state index in [1.54, 1.807) is 0 Å². The zero-order valence-electron chi connectivity index (χ0n) is 12.8. The first-order valence-electron chi connectivity index (χ1n) is 6.99. The van der Waals surface area contributed by atoms with Gasteiger partial charge in [0.15, 0.2) is 0 Å². The predicted molar refractivity (Wildman–Crippen MR) is 85.8 cm³/mol. The molecule has 0 unspecified atom stereocenters. The zero-order chi connectivity index (χ0) is 15.6. The number of aromatic nitrogens is 1. The summed E-state index contributed by atoms with van der Waals surface area (Å²) in [4.78, 5) is 15.0. The first kappa shape index (κ1) is 15.7. The van der Waals surface area contributed by atoms with Crippen LogP contribution >= 0.6 is 11.6 Å². The van der Waals surface area contributed by atoms with E-state index in [0.29, 0.717) is 11.4 Å². The van der Waals surface area contributed by atoms with Gasteiger partial charge in [0.25, 0.3) is 0 Å². The Morgan fingerprint density at radius 2 is 2.14 bits per heavy atom. The third-order valence-electron chi connectivity index (χ3n) is 3.02. The van der Waals surface area contributed by atoms with E-state index in [4.69, 9.17) is 16.3 Å². The molecule has 1 atom stereocenters. The molecule has 0 bridgehead atoms. The molecule has 4 nitrogen and oxygen atoms in total. The number of rotatable bonds is 3. The zero-order valence-corrected chi connectivity index (χ0v) is 13.5. The summed E-state index contributed by atoms with van der Waals surface area (Å²) in [7, 11) is 0. The van der Waals surface area contributed by atoms with E-state index in [2.05, 4.69) is 10.3 Å². The second-order valence-corrected chi connectivity index (χ2v) is 6.74. The summed E-state index contributed by atoms with van der Waals surface area (Å²) in [6, 6.07) is 5.71. The van der Waals surface area contributed by atoms with Crippen molar-refractivity contribution < 1.29 is 9.53 Å². The summed E-state index contributed by atoms with van der Waals surface area (Å²) in [5.41, 5.74) is 1.81. The molecule has 0 saturated heterocycles. The third-order valence-corrected chi connectivity index (χ3v) is 3.26. The van der Waals surface area contributed by atoms with E-state index in [1.165, 1.54) is 0 Å². The monoisotopic (exact) mass is 308 g/mol. The summed E-state index contributed by atoms with van der Waals surface area (Å²) < 4.78 is 5.38. The van der Waals surface area contributed by atoms with Gasteiger partial charge in [-0.3, -0.25) is 0 Å². The lowest BCUT2D eigenvalue weighted by atomic mass is 10.1. The second-order valence-electron chi connectivity index (χ2n) is 6.30. The fourth-order valence-electron chi connectivity index (χ4n) is 2.19. The Kier molecular flexibility index (Phi) is 4.47. The Hall–Kier alpha value is -1.68. The molecule has 5 heteroatoms. The van der Waals surface area contributed by atoms with Gasteiger partial charge in [0, 0.05) is 34.1 Å². The SMILES string of the molecule is C[C@@H](Cc1c[nH]c2ccc(Cl)cc12)OC(=O)NC(C)(C)C. The van der Waals surface area contributed by atoms with Crippen molar-refractivity contribution in [3.05, 3.63) is 35.0 Å². The Bertz CT molecular complexity index is 643. The van der Waals surface area contributed by atoms with Gasteiger partial charge in [-0.2, -0.15) is 0 Å². The molecule has 114 valence electrons. The van der Waals surface area contributed by atoms with Gasteiger partial charge in [0.05, 0.1) is 0 Å². The first-order valence-corrected chi connectivity index (χ1v) is 7.37. The number of hydrogen-bond acceptors (Lipinski definition) is 2. The van der Waals surface area contributed by atoms with Crippen LogP contribution in [0.1, 0.15) is 33.3 Å². The number of amides is 1. The maximum absolute atomic E-state index is 11.8. The molecule has 1 heterocycles. The summed E-state index contributed by atoms with van der Waals surface area (Å²) >= 11 is 6.03. The first-order chi connectivity index (χ1) is 9.74. The fourth-order valence-corrected chi connectivity index (χ4v) is 2.36. The van der Waals surface area contributed by atoms with E-state index in [1.807, 2.05) is 52.1 Å². The molecule has 1 amide bonds. The largest absolute Gasteiger partial charge is 0.446 e. The van der Waals surface area contributed by atoms with Crippen LogP contribution in [0.3, 0.4) is 0 Å². The quantitative estimate of drug-likeness (QED) is 0.889. The van der Waals surface area contributed by atoms with Gasteiger partial charge in [-0.25, -0.2) is 4.79 Å². The molecule has 0 aliphatic heterocycles. The molecular formula is C16H21ClN2O2. The maximum atomic E-state index is 11.8. The van der Waals surface area contributed by atoms with Crippen LogP contribution in [0.15, 0.2) is 24.4 Å². The van der Waals surface area contributed by atoms with Crippen LogP contribution in [0.4, 0.5) is 4.79 Å². The second kappa shape index (κ2) is 5.98. The highest BCUT2D eigenvalue weighted by atomic mass is 35.5. The number of aromatic amines is 1. The minimum Gasteiger partial charge on any atom is -0.446 e. The number of carbonyl (C=O) groups is 1. The number of fused-ring (bicyclic) bond motifs is 1. The topological polar surface area (TPSA) is 54.1 Å². The van der Waals surface area contributed by atoms with Gasteiger partial charge < -0.3 is 15.0 Å². The molecule has 0 saturated carbocycles. The summed E-state index contributed by atoms with van der Waals surface area (Å²) in [5, 5.41) is 4.55. The molecule has 0 fully saturated rings. The van der Waals surface area contributed by atoms with E-state index >= 15 is 0 Å². The minimum atomic E-state index is -0.395. The van der Waals surface area contributed by atoms with E-state index < -0.39 is 6.09 Å². The van der Waals surface area contributed by atoms with Crippen molar-refractivity contribution in [2.24, 2.45) is 0 Å². The van der Waals surface area contributed by atoms with Gasteiger partial charge in [0.2, 0.25) is 0 Å². The lowest BCUT2D eigenvalue weighted by Gasteiger charge is -2.22. The lowest BCUT2D eigenvalue weighted by molar-refractivity contribution is 0.100. The highest BCUT2D eigenvalue weighted by Gasteiger charge is 2.18. The summed E-state index contributed by atoms with van der Waals surface area (Å²) in [6.07, 6.45) is 1.96. The number of carbonyl (C=O) groups excluding carboxylic acids is 1. The molecule has 1 aromatic carbocycles. The lowest BCUT2D eigenvalue weighted by Crippen LogP contribution is -2.42. The average Bonchev–Trinajstić information content (AvgIpc) is 2.69. The van der Waals surface area contributed by atoms with Gasteiger partial charge in [-0.1, -0.05) is 11.6 Å². The van der Waals surface area contributed by atoms with Crippen molar-refractivity contribution in [2.45, 2.75) is 45.8 Å². The number of halogens is 1. The van der Waals surface area contributed by atoms with Gasteiger partial charge in [0.1, 0.15) is 6.10 Å². The average molecular weight is 309 g/mol. The van der Waals surface area contributed by atoms with Crippen LogP contribution in [0, 0.1) is 0 Å². The smallest absolute Gasteiger partial charge is 0.407 e. The molecule has 0 spiro atoms. The molecule has 21 heavy (non-hydrogen) atoms. The molecule has 2 aromatic rings. The predicted octanol–water partition coefficient (Wildman–Crippen LogP) is 4.28. The van der Waals surface area contributed by atoms with E-state index in [-0.39, 0.29) is 11.6 Å². The maximum Gasteiger partial charge on any atom is 0.407 e. The third kappa shape index (κ3) is 4.39. The Morgan fingerprint density at radius 1 is 1.43 bits per heavy atom. The van der Waals surface area contributed by atoms with Crippen molar-refractivity contribution in [3.8, 4) is 0 Å². The molecule has 2 N–H and O–H groups in total. The number of ether oxygens (including phenoxy) is 1. The van der Waals surface area contributed by atoms with Crippen molar-refractivity contribution in [2.75, 3.05) is 0 Å². The molecular weight excluding hydrogens is 288 g/mol. The van der Waals surface area contributed by atoms with Crippen molar-refractivity contribution >= 4 is 28.6 Å². The van der Waals surface area contributed by atoms with E-state index in [9.17, 15) is 4.79 Å². The number of nitrogens with one attached hydrogen (secondary N) is 2. The molecule has 0 radical (unpaired) electrons. The van der Waals surface area contributed by atoms with Crippen LogP contribution < -0.4 is 5.32 Å². The standard InChI is InChI=1S/C16H21ClN2O2/c1-10(21-15(20)19-16(2,3)4)7-11-9-18-14-6-5-12(17)8-13(11)14/h5-6,8-10,18H,7H2,1-4H3,(H,19,20)/t10-/m0/s1. The van der Waals surface area contributed by atoms with Crippen LogP contribution in [-0.2, 0) is 11.2 Å². The number of hydrogen-bond donors (Lipinski definition) is 2. The van der Waals surface area contributed by atoms with Gasteiger partial charge >= 0.3 is 6.09 Å². The van der Waals surface area contributed by atoms with Crippen molar-refractivity contribution in [3.63, 3.8) is 0 Å². The minimum absolute atomic E-state index is 0.217. The van der Waals surface area contributed by atoms with E-state index in [0.717, 1.165) is 16.5 Å².